The number of rotatable bonds is 1. The predicted octanol–water partition coefficient (Wildman–Crippen LogP) is 3.33. The van der Waals surface area contributed by atoms with Gasteiger partial charge in [0.2, 0.25) is 0 Å². The van der Waals surface area contributed by atoms with Crippen molar-refractivity contribution in [3.05, 3.63) is 51.6 Å². The SMILES string of the molecule is Cc1c(F)c(F)cc2cccc([N+](=O)[O-])c12. The number of benzene rings is 2. The van der Waals surface area contributed by atoms with Gasteiger partial charge in [0.1, 0.15) is 0 Å². The van der Waals surface area contributed by atoms with Gasteiger partial charge in [0.15, 0.2) is 11.6 Å². The summed E-state index contributed by atoms with van der Waals surface area (Å²) < 4.78 is 26.4. The molecule has 82 valence electrons. The van der Waals surface area contributed by atoms with Crippen LogP contribution in [0.2, 0.25) is 0 Å². The van der Waals surface area contributed by atoms with E-state index in [0.29, 0.717) is 5.39 Å². The molecule has 0 amide bonds. The molecular formula is C11H7F2NO2. The van der Waals surface area contributed by atoms with E-state index in [-0.39, 0.29) is 16.6 Å². The fourth-order valence-electron chi connectivity index (χ4n) is 1.73. The Morgan fingerprint density at radius 2 is 2.00 bits per heavy atom. The van der Waals surface area contributed by atoms with Gasteiger partial charge in [-0.15, -0.1) is 0 Å². The van der Waals surface area contributed by atoms with Crippen molar-refractivity contribution in [1.29, 1.82) is 0 Å². The molecular weight excluding hydrogens is 216 g/mol. The van der Waals surface area contributed by atoms with Crippen LogP contribution in [0.1, 0.15) is 5.56 Å². The standard InChI is InChI=1S/C11H7F2NO2/c1-6-10-7(5-8(12)11(6)13)3-2-4-9(10)14(15)16/h2-5H,1H3. The normalized spacial score (nSPS) is 10.7. The van der Waals surface area contributed by atoms with Crippen molar-refractivity contribution >= 4 is 16.5 Å². The lowest BCUT2D eigenvalue weighted by Gasteiger charge is -2.05. The van der Waals surface area contributed by atoms with Crippen LogP contribution in [0.25, 0.3) is 10.8 Å². The van der Waals surface area contributed by atoms with E-state index < -0.39 is 16.6 Å². The van der Waals surface area contributed by atoms with Crippen LogP contribution in [0.3, 0.4) is 0 Å². The maximum atomic E-state index is 13.3. The highest BCUT2D eigenvalue weighted by Gasteiger charge is 2.18. The van der Waals surface area contributed by atoms with Crippen molar-refractivity contribution in [3.8, 4) is 0 Å². The summed E-state index contributed by atoms with van der Waals surface area (Å²) in [4.78, 5) is 10.1. The quantitative estimate of drug-likeness (QED) is 0.549. The third-order valence-electron chi connectivity index (χ3n) is 2.47. The van der Waals surface area contributed by atoms with Gasteiger partial charge in [-0.1, -0.05) is 12.1 Å². The number of aryl methyl sites for hydroxylation is 1. The first kappa shape index (κ1) is 10.5. The van der Waals surface area contributed by atoms with Gasteiger partial charge in [0, 0.05) is 11.6 Å². The first-order valence-electron chi connectivity index (χ1n) is 4.54. The summed E-state index contributed by atoms with van der Waals surface area (Å²) in [6, 6.07) is 5.19. The van der Waals surface area contributed by atoms with Gasteiger partial charge in [-0.2, -0.15) is 0 Å². The summed E-state index contributed by atoms with van der Waals surface area (Å²) in [5.74, 6) is -2.03. The van der Waals surface area contributed by atoms with Crippen LogP contribution in [0.4, 0.5) is 14.5 Å². The van der Waals surface area contributed by atoms with Gasteiger partial charge in [0.05, 0.1) is 10.3 Å². The molecule has 0 bridgehead atoms. The molecule has 0 aliphatic carbocycles. The Bertz CT molecular complexity index is 596. The van der Waals surface area contributed by atoms with Crippen molar-refractivity contribution < 1.29 is 13.7 Å². The number of fused-ring (bicyclic) bond motifs is 1. The van der Waals surface area contributed by atoms with E-state index in [0.717, 1.165) is 6.07 Å². The van der Waals surface area contributed by atoms with Crippen molar-refractivity contribution in [3.63, 3.8) is 0 Å². The maximum absolute atomic E-state index is 13.3. The third-order valence-corrected chi connectivity index (χ3v) is 2.47. The Hall–Kier alpha value is -2.04. The van der Waals surface area contributed by atoms with Crippen LogP contribution in [0.5, 0.6) is 0 Å². The molecule has 0 unspecified atom stereocenters. The number of hydrogen-bond acceptors (Lipinski definition) is 2. The van der Waals surface area contributed by atoms with Crippen molar-refractivity contribution in [1.82, 2.24) is 0 Å². The van der Waals surface area contributed by atoms with Gasteiger partial charge >= 0.3 is 0 Å². The highest BCUT2D eigenvalue weighted by atomic mass is 19.2. The number of nitro benzene ring substituents is 1. The summed E-state index contributed by atoms with van der Waals surface area (Å²) in [6.45, 7) is 1.33. The molecule has 0 radical (unpaired) electrons. The summed E-state index contributed by atoms with van der Waals surface area (Å²) >= 11 is 0. The lowest BCUT2D eigenvalue weighted by atomic mass is 10.0. The average Bonchev–Trinajstić information content (AvgIpc) is 2.25. The van der Waals surface area contributed by atoms with Crippen LogP contribution in [-0.4, -0.2) is 4.92 Å². The fraction of sp³-hybridized carbons (Fsp3) is 0.0909. The molecule has 0 saturated carbocycles. The van der Waals surface area contributed by atoms with Crippen LogP contribution in [-0.2, 0) is 0 Å². The minimum atomic E-state index is -1.04. The van der Waals surface area contributed by atoms with Crippen LogP contribution >= 0.6 is 0 Å². The molecule has 0 atom stereocenters. The largest absolute Gasteiger partial charge is 0.277 e. The number of hydrogen-bond donors (Lipinski definition) is 0. The van der Waals surface area contributed by atoms with Gasteiger partial charge in [0.25, 0.3) is 5.69 Å². The Morgan fingerprint density at radius 3 is 2.62 bits per heavy atom. The van der Waals surface area contributed by atoms with Crippen molar-refractivity contribution in [2.75, 3.05) is 0 Å². The summed E-state index contributed by atoms with van der Waals surface area (Å²) in [5, 5.41) is 11.2. The van der Waals surface area contributed by atoms with E-state index in [1.165, 1.54) is 25.1 Å². The Balaban J connectivity index is 2.97. The molecule has 0 heterocycles. The third kappa shape index (κ3) is 1.41. The minimum Gasteiger partial charge on any atom is -0.258 e. The molecule has 0 spiro atoms. The van der Waals surface area contributed by atoms with E-state index in [1.54, 1.807) is 0 Å². The Labute approximate surface area is 89.5 Å². The van der Waals surface area contributed by atoms with Gasteiger partial charge < -0.3 is 0 Å². The number of nitrogens with zero attached hydrogens (tertiary/aromatic N) is 1. The van der Waals surface area contributed by atoms with Crippen LogP contribution in [0, 0.1) is 28.7 Å². The summed E-state index contributed by atoms with van der Waals surface area (Å²) in [6.07, 6.45) is 0. The molecule has 2 aromatic carbocycles. The smallest absolute Gasteiger partial charge is 0.258 e. The zero-order chi connectivity index (χ0) is 11.9. The maximum Gasteiger partial charge on any atom is 0.277 e. The first-order chi connectivity index (χ1) is 7.52. The van der Waals surface area contributed by atoms with E-state index in [1.807, 2.05) is 0 Å². The zero-order valence-electron chi connectivity index (χ0n) is 8.33. The topological polar surface area (TPSA) is 43.1 Å². The summed E-state index contributed by atoms with van der Waals surface area (Å²) in [7, 11) is 0. The molecule has 0 aliphatic heterocycles. The Morgan fingerprint density at radius 1 is 1.31 bits per heavy atom. The number of halogens is 2. The number of non-ortho nitro benzene ring substituents is 1. The van der Waals surface area contributed by atoms with E-state index in [2.05, 4.69) is 0 Å². The monoisotopic (exact) mass is 223 g/mol. The second-order valence-electron chi connectivity index (χ2n) is 3.43. The van der Waals surface area contributed by atoms with Crippen LogP contribution in [0.15, 0.2) is 24.3 Å². The highest BCUT2D eigenvalue weighted by Crippen LogP contribution is 2.31. The molecule has 0 N–H and O–H groups in total. The van der Waals surface area contributed by atoms with E-state index >= 15 is 0 Å². The lowest BCUT2D eigenvalue weighted by molar-refractivity contribution is -0.383. The van der Waals surface area contributed by atoms with Crippen molar-refractivity contribution in [2.24, 2.45) is 0 Å². The molecule has 16 heavy (non-hydrogen) atoms. The lowest BCUT2D eigenvalue weighted by Crippen LogP contribution is -1.95. The zero-order valence-corrected chi connectivity index (χ0v) is 8.33. The first-order valence-corrected chi connectivity index (χ1v) is 4.54. The van der Waals surface area contributed by atoms with Crippen LogP contribution < -0.4 is 0 Å². The molecule has 3 nitrogen and oxygen atoms in total. The van der Waals surface area contributed by atoms with Crippen molar-refractivity contribution in [2.45, 2.75) is 6.92 Å². The fourth-order valence-corrected chi connectivity index (χ4v) is 1.73. The van der Waals surface area contributed by atoms with Gasteiger partial charge in [-0.25, -0.2) is 8.78 Å². The molecule has 2 rings (SSSR count). The molecule has 0 fully saturated rings. The Kier molecular flexibility index (Phi) is 2.30. The molecule has 0 saturated heterocycles. The molecule has 5 heteroatoms. The summed E-state index contributed by atoms with van der Waals surface area (Å²) in [5.41, 5.74) is -0.254. The van der Waals surface area contributed by atoms with Gasteiger partial charge in [-0.3, -0.25) is 10.1 Å². The molecule has 2 aromatic rings. The second kappa shape index (κ2) is 3.52. The minimum absolute atomic E-state index is 0.0395. The van der Waals surface area contributed by atoms with Gasteiger partial charge in [-0.05, 0) is 18.4 Å². The average molecular weight is 223 g/mol. The van der Waals surface area contributed by atoms with E-state index in [9.17, 15) is 18.9 Å². The second-order valence-corrected chi connectivity index (χ2v) is 3.43. The number of nitro groups is 1. The highest BCUT2D eigenvalue weighted by molar-refractivity contribution is 5.93. The molecule has 0 aliphatic rings. The van der Waals surface area contributed by atoms with E-state index in [4.69, 9.17) is 0 Å². The predicted molar refractivity (Wildman–Crippen MR) is 55.3 cm³/mol. The molecule has 0 aromatic heterocycles.